The van der Waals surface area contributed by atoms with Gasteiger partial charge in [-0.1, -0.05) is 25.1 Å². The van der Waals surface area contributed by atoms with Crippen LogP contribution in [0.15, 0.2) is 24.3 Å². The first-order valence-corrected chi connectivity index (χ1v) is 6.39. The van der Waals surface area contributed by atoms with Crippen molar-refractivity contribution >= 4 is 11.6 Å². The van der Waals surface area contributed by atoms with Gasteiger partial charge in [-0.05, 0) is 18.1 Å². The minimum Gasteiger partial charge on any atom is -0.394 e. The van der Waals surface area contributed by atoms with Gasteiger partial charge >= 0.3 is 0 Å². The Morgan fingerprint density at radius 2 is 1.89 bits per heavy atom. The van der Waals surface area contributed by atoms with Gasteiger partial charge in [0.2, 0.25) is 5.91 Å². The van der Waals surface area contributed by atoms with Crippen molar-refractivity contribution < 1.29 is 15.0 Å². The Kier molecular flexibility index (Phi) is 5.95. The van der Waals surface area contributed by atoms with Crippen LogP contribution in [0.3, 0.4) is 0 Å². The summed E-state index contributed by atoms with van der Waals surface area (Å²) in [7, 11) is 0. The van der Waals surface area contributed by atoms with Crippen LogP contribution in [-0.2, 0) is 11.3 Å². The number of para-hydroxylation sites is 1. The fourth-order valence-electron chi connectivity index (χ4n) is 1.78. The van der Waals surface area contributed by atoms with E-state index in [1.165, 1.54) is 6.92 Å². The summed E-state index contributed by atoms with van der Waals surface area (Å²) < 4.78 is 0. The second kappa shape index (κ2) is 7.23. The SMILES string of the molecule is CCC(CO)(CO)NCc1ccccc1NC(C)=O. The maximum absolute atomic E-state index is 11.1. The third-order valence-corrected chi connectivity index (χ3v) is 3.26. The highest BCUT2D eigenvalue weighted by Gasteiger charge is 2.25. The van der Waals surface area contributed by atoms with Crippen LogP contribution in [0.1, 0.15) is 25.8 Å². The van der Waals surface area contributed by atoms with E-state index in [0.29, 0.717) is 13.0 Å². The van der Waals surface area contributed by atoms with E-state index in [4.69, 9.17) is 0 Å². The van der Waals surface area contributed by atoms with Crippen LogP contribution in [0.2, 0.25) is 0 Å². The molecular weight excluding hydrogens is 244 g/mol. The molecule has 0 saturated heterocycles. The third-order valence-electron chi connectivity index (χ3n) is 3.26. The summed E-state index contributed by atoms with van der Waals surface area (Å²) in [6.07, 6.45) is 0.613. The van der Waals surface area contributed by atoms with Crippen LogP contribution >= 0.6 is 0 Å². The predicted octanol–water partition coefficient (Wildman–Crippen LogP) is 0.868. The molecule has 0 aliphatic heterocycles. The van der Waals surface area contributed by atoms with Crippen molar-refractivity contribution in [3.05, 3.63) is 29.8 Å². The fraction of sp³-hybridized carbons (Fsp3) is 0.500. The summed E-state index contributed by atoms with van der Waals surface area (Å²) in [5, 5.41) is 24.7. The Bertz CT molecular complexity index is 409. The molecule has 106 valence electrons. The number of carbonyl (C=O) groups excluding carboxylic acids is 1. The van der Waals surface area contributed by atoms with Gasteiger partial charge in [0.25, 0.3) is 0 Å². The number of amides is 1. The van der Waals surface area contributed by atoms with Crippen molar-refractivity contribution in [2.75, 3.05) is 18.5 Å². The molecule has 1 aromatic rings. The molecule has 0 aliphatic carbocycles. The number of aliphatic hydroxyl groups excluding tert-OH is 2. The van der Waals surface area contributed by atoms with Crippen molar-refractivity contribution in [2.24, 2.45) is 0 Å². The highest BCUT2D eigenvalue weighted by atomic mass is 16.3. The zero-order valence-corrected chi connectivity index (χ0v) is 11.4. The molecule has 1 aromatic carbocycles. The number of hydrogen-bond acceptors (Lipinski definition) is 4. The van der Waals surface area contributed by atoms with Crippen LogP contribution in [0.25, 0.3) is 0 Å². The summed E-state index contributed by atoms with van der Waals surface area (Å²) in [5.41, 5.74) is 0.962. The molecule has 1 amide bonds. The molecule has 0 aromatic heterocycles. The molecule has 4 N–H and O–H groups in total. The minimum absolute atomic E-state index is 0.126. The maximum Gasteiger partial charge on any atom is 0.221 e. The second-order valence-electron chi connectivity index (χ2n) is 4.64. The number of anilines is 1. The lowest BCUT2D eigenvalue weighted by Crippen LogP contribution is -2.50. The molecule has 0 spiro atoms. The topological polar surface area (TPSA) is 81.6 Å². The van der Waals surface area contributed by atoms with Gasteiger partial charge in [-0.2, -0.15) is 0 Å². The first-order chi connectivity index (χ1) is 9.06. The summed E-state index contributed by atoms with van der Waals surface area (Å²) in [6, 6.07) is 7.45. The smallest absolute Gasteiger partial charge is 0.221 e. The fourth-order valence-corrected chi connectivity index (χ4v) is 1.78. The molecule has 0 bridgehead atoms. The lowest BCUT2D eigenvalue weighted by Gasteiger charge is -2.30. The third kappa shape index (κ3) is 4.31. The van der Waals surface area contributed by atoms with E-state index in [9.17, 15) is 15.0 Å². The van der Waals surface area contributed by atoms with Crippen LogP contribution in [0, 0.1) is 0 Å². The Labute approximate surface area is 113 Å². The highest BCUT2D eigenvalue weighted by Crippen LogP contribution is 2.17. The minimum atomic E-state index is -0.691. The van der Waals surface area contributed by atoms with Crippen molar-refractivity contribution in [3.8, 4) is 0 Å². The van der Waals surface area contributed by atoms with E-state index in [1.54, 1.807) is 0 Å². The maximum atomic E-state index is 11.1. The van der Waals surface area contributed by atoms with Gasteiger partial charge < -0.3 is 20.8 Å². The van der Waals surface area contributed by atoms with Crippen LogP contribution in [0.5, 0.6) is 0 Å². The van der Waals surface area contributed by atoms with E-state index >= 15 is 0 Å². The van der Waals surface area contributed by atoms with Gasteiger partial charge in [0.05, 0.1) is 18.8 Å². The summed E-state index contributed by atoms with van der Waals surface area (Å²) >= 11 is 0. The number of rotatable bonds is 7. The molecule has 0 unspecified atom stereocenters. The number of carbonyl (C=O) groups is 1. The van der Waals surface area contributed by atoms with Gasteiger partial charge in [-0.15, -0.1) is 0 Å². The quantitative estimate of drug-likeness (QED) is 0.590. The molecule has 5 heteroatoms. The lowest BCUT2D eigenvalue weighted by atomic mass is 9.98. The van der Waals surface area contributed by atoms with Gasteiger partial charge in [0.1, 0.15) is 0 Å². The number of hydrogen-bond donors (Lipinski definition) is 4. The largest absolute Gasteiger partial charge is 0.394 e. The summed E-state index contributed by atoms with van der Waals surface area (Å²) in [6.45, 7) is 3.55. The zero-order chi connectivity index (χ0) is 14.3. The Morgan fingerprint density at radius 1 is 1.26 bits per heavy atom. The van der Waals surface area contributed by atoms with E-state index in [0.717, 1.165) is 11.3 Å². The van der Waals surface area contributed by atoms with E-state index < -0.39 is 5.54 Å². The predicted molar refractivity (Wildman–Crippen MR) is 74.8 cm³/mol. The van der Waals surface area contributed by atoms with E-state index in [1.807, 2.05) is 31.2 Å². The molecule has 0 fully saturated rings. The van der Waals surface area contributed by atoms with Crippen molar-refractivity contribution in [3.63, 3.8) is 0 Å². The Balaban J connectivity index is 2.79. The summed E-state index contributed by atoms with van der Waals surface area (Å²) in [5.74, 6) is -0.126. The molecule has 0 radical (unpaired) electrons. The average molecular weight is 266 g/mol. The van der Waals surface area contributed by atoms with Gasteiger partial charge in [-0.3, -0.25) is 4.79 Å². The molecule has 0 saturated carbocycles. The summed E-state index contributed by atoms with van der Waals surface area (Å²) in [4.78, 5) is 11.1. The van der Waals surface area contributed by atoms with Gasteiger partial charge in [-0.25, -0.2) is 0 Å². The van der Waals surface area contributed by atoms with Crippen LogP contribution < -0.4 is 10.6 Å². The first kappa shape index (κ1) is 15.6. The standard InChI is InChI=1S/C14H22N2O3/c1-3-14(9-17,10-18)15-8-12-6-4-5-7-13(12)16-11(2)19/h4-7,15,17-18H,3,8-10H2,1-2H3,(H,16,19). The van der Waals surface area contributed by atoms with E-state index in [2.05, 4.69) is 10.6 Å². The molecule has 0 atom stereocenters. The number of benzene rings is 1. The van der Waals surface area contributed by atoms with Gasteiger partial charge in [0, 0.05) is 19.2 Å². The van der Waals surface area contributed by atoms with Crippen LogP contribution in [0.4, 0.5) is 5.69 Å². The number of nitrogens with one attached hydrogen (secondary N) is 2. The van der Waals surface area contributed by atoms with Crippen molar-refractivity contribution in [2.45, 2.75) is 32.4 Å². The van der Waals surface area contributed by atoms with Crippen molar-refractivity contribution in [1.82, 2.24) is 5.32 Å². The molecule has 0 aliphatic rings. The molecule has 1 rings (SSSR count). The average Bonchev–Trinajstić information content (AvgIpc) is 2.42. The van der Waals surface area contributed by atoms with Crippen molar-refractivity contribution in [1.29, 1.82) is 0 Å². The lowest BCUT2D eigenvalue weighted by molar-refractivity contribution is -0.114. The molecule has 0 heterocycles. The van der Waals surface area contributed by atoms with Crippen LogP contribution in [-0.4, -0.2) is 34.9 Å². The Hall–Kier alpha value is -1.43. The monoisotopic (exact) mass is 266 g/mol. The van der Waals surface area contributed by atoms with Gasteiger partial charge in [0.15, 0.2) is 0 Å². The molecule has 5 nitrogen and oxygen atoms in total. The normalized spacial score (nSPS) is 11.4. The molecule has 19 heavy (non-hydrogen) atoms. The zero-order valence-electron chi connectivity index (χ0n) is 11.4. The number of aliphatic hydroxyl groups is 2. The second-order valence-corrected chi connectivity index (χ2v) is 4.64. The molecular formula is C14H22N2O3. The highest BCUT2D eigenvalue weighted by molar-refractivity contribution is 5.89. The first-order valence-electron chi connectivity index (χ1n) is 6.39. The Morgan fingerprint density at radius 3 is 2.42 bits per heavy atom. The van der Waals surface area contributed by atoms with E-state index in [-0.39, 0.29) is 19.1 Å².